The quantitative estimate of drug-likeness (QED) is 0.240. The van der Waals surface area contributed by atoms with Gasteiger partial charge in [-0.05, 0) is 48.2 Å². The van der Waals surface area contributed by atoms with Gasteiger partial charge in [-0.2, -0.15) is 4.31 Å². The van der Waals surface area contributed by atoms with Crippen molar-refractivity contribution in [3.05, 3.63) is 96.6 Å². The van der Waals surface area contributed by atoms with Gasteiger partial charge in [-0.3, -0.25) is 4.79 Å². The summed E-state index contributed by atoms with van der Waals surface area (Å²) in [6.45, 7) is 8.26. The highest BCUT2D eigenvalue weighted by atomic mass is 32.2. The third kappa shape index (κ3) is 7.29. The Labute approximate surface area is 255 Å². The second-order valence-corrected chi connectivity index (χ2v) is 13.1. The molecule has 0 spiro atoms. The fourth-order valence-electron chi connectivity index (χ4n) is 5.13. The van der Waals surface area contributed by atoms with Gasteiger partial charge in [0.05, 0.1) is 17.1 Å². The molecule has 0 N–H and O–H groups in total. The first-order chi connectivity index (χ1) is 20.7. The number of anilines is 1. The summed E-state index contributed by atoms with van der Waals surface area (Å²) in [7, 11) is -3.80. The van der Waals surface area contributed by atoms with Gasteiger partial charge in [-0.15, -0.1) is 10.2 Å². The van der Waals surface area contributed by atoms with E-state index in [1.54, 1.807) is 29.2 Å². The van der Waals surface area contributed by atoms with Crippen LogP contribution in [0.15, 0.2) is 95.9 Å². The van der Waals surface area contributed by atoms with E-state index in [0.29, 0.717) is 32.7 Å². The largest absolute Gasteiger partial charge is 0.352 e. The van der Waals surface area contributed by atoms with E-state index in [4.69, 9.17) is 0 Å². The van der Waals surface area contributed by atoms with E-state index in [9.17, 15) is 13.2 Å². The number of hydrogen-bond acceptors (Lipinski definition) is 6. The van der Waals surface area contributed by atoms with Gasteiger partial charge in [-0.1, -0.05) is 92.6 Å². The molecular weight excluding hydrogens is 558 g/mol. The second-order valence-electron chi connectivity index (χ2n) is 11.2. The topological polar surface area (TPSA) is 86.7 Å². The Kier molecular flexibility index (Phi) is 9.52. The summed E-state index contributed by atoms with van der Waals surface area (Å²) < 4.78 is 28.3. The number of carbonyl (C=O) groups is 1. The number of benzene rings is 3. The van der Waals surface area contributed by atoms with Gasteiger partial charge < -0.3 is 9.80 Å². The summed E-state index contributed by atoms with van der Waals surface area (Å²) in [6, 6.07) is 29.3. The maximum Gasteiger partial charge on any atom is 0.243 e. The van der Waals surface area contributed by atoms with Crippen LogP contribution in [0.25, 0.3) is 22.4 Å². The van der Waals surface area contributed by atoms with Crippen LogP contribution in [0.4, 0.5) is 5.82 Å². The van der Waals surface area contributed by atoms with Gasteiger partial charge in [0.1, 0.15) is 0 Å². The molecule has 224 valence electrons. The monoisotopic (exact) mass is 597 g/mol. The zero-order valence-corrected chi connectivity index (χ0v) is 25.9. The van der Waals surface area contributed by atoms with Crippen LogP contribution in [0, 0.1) is 12.8 Å². The Morgan fingerprint density at radius 2 is 1.44 bits per heavy atom. The number of carbonyl (C=O) groups excluding carboxylic acids is 1. The molecule has 1 unspecified atom stereocenters. The maximum atomic E-state index is 13.5. The van der Waals surface area contributed by atoms with E-state index in [1.807, 2.05) is 51.1 Å². The fourth-order valence-corrected chi connectivity index (χ4v) is 6.64. The summed E-state index contributed by atoms with van der Waals surface area (Å²) in [5.41, 5.74) is 5.10. The van der Waals surface area contributed by atoms with Crippen LogP contribution in [-0.2, 0) is 14.8 Å². The molecule has 0 bridgehead atoms. The van der Waals surface area contributed by atoms with E-state index >= 15 is 0 Å². The molecular formula is C34H39N5O3S. The molecule has 9 heteroatoms. The number of hydrogen-bond donors (Lipinski definition) is 0. The number of nitrogens with zero attached hydrogens (tertiary/aromatic N) is 5. The van der Waals surface area contributed by atoms with E-state index in [-0.39, 0.29) is 23.3 Å². The molecule has 2 heterocycles. The minimum Gasteiger partial charge on any atom is -0.352 e. The average Bonchev–Trinajstić information content (AvgIpc) is 3.05. The fraction of sp³-hybridized carbons (Fsp3) is 0.324. The van der Waals surface area contributed by atoms with Gasteiger partial charge >= 0.3 is 0 Å². The number of sulfonamides is 1. The zero-order valence-electron chi connectivity index (χ0n) is 25.1. The smallest absolute Gasteiger partial charge is 0.243 e. The van der Waals surface area contributed by atoms with Crippen molar-refractivity contribution in [1.29, 1.82) is 0 Å². The van der Waals surface area contributed by atoms with Crippen molar-refractivity contribution in [2.75, 3.05) is 44.2 Å². The van der Waals surface area contributed by atoms with Crippen molar-refractivity contribution >= 4 is 21.7 Å². The zero-order chi connectivity index (χ0) is 30.4. The Morgan fingerprint density at radius 1 is 0.814 bits per heavy atom. The highest BCUT2D eigenvalue weighted by molar-refractivity contribution is 7.89. The molecule has 43 heavy (non-hydrogen) atoms. The first kappa shape index (κ1) is 30.4. The number of aryl methyl sites for hydroxylation is 1. The molecule has 1 aliphatic rings. The lowest BCUT2D eigenvalue weighted by Crippen LogP contribution is -2.52. The Bertz CT molecular complexity index is 1600. The van der Waals surface area contributed by atoms with Crippen molar-refractivity contribution in [2.24, 2.45) is 5.92 Å². The minimum absolute atomic E-state index is 0.133. The molecule has 1 fully saturated rings. The minimum atomic E-state index is -3.80. The molecule has 5 rings (SSSR count). The molecule has 0 aliphatic carbocycles. The van der Waals surface area contributed by atoms with Gasteiger partial charge in [0.15, 0.2) is 5.82 Å². The van der Waals surface area contributed by atoms with E-state index in [1.165, 1.54) is 9.87 Å². The highest BCUT2D eigenvalue weighted by Crippen LogP contribution is 2.25. The van der Waals surface area contributed by atoms with Crippen molar-refractivity contribution in [1.82, 2.24) is 19.4 Å². The molecule has 3 aromatic carbocycles. The second kappa shape index (κ2) is 13.5. The standard InChI is InChI=1S/C34H39N5O3S/c1-4-26(2)24-39(43(41,42)31-16-10-27(3)11-17-31)25-34(40)38-22-20-37(21-23-38)33-19-18-32(35-36-33)30-14-12-29(13-15-30)28-8-6-5-7-9-28/h5-19,26H,4,20-25H2,1-3H3. The average molecular weight is 598 g/mol. The normalized spacial score (nSPS) is 14.6. The molecule has 1 saturated heterocycles. The number of piperazine rings is 1. The summed E-state index contributed by atoms with van der Waals surface area (Å²) in [5.74, 6) is 0.712. The van der Waals surface area contributed by atoms with Gasteiger partial charge in [-0.25, -0.2) is 8.42 Å². The molecule has 1 atom stereocenters. The van der Waals surface area contributed by atoms with Crippen LogP contribution in [0.5, 0.6) is 0 Å². The molecule has 1 amide bonds. The van der Waals surface area contributed by atoms with Gasteiger partial charge in [0, 0.05) is 38.3 Å². The summed E-state index contributed by atoms with van der Waals surface area (Å²) in [4.78, 5) is 17.4. The SMILES string of the molecule is CCC(C)CN(CC(=O)N1CCN(c2ccc(-c3ccc(-c4ccccc4)cc3)nn2)CC1)S(=O)(=O)c1ccc(C)cc1. The highest BCUT2D eigenvalue weighted by Gasteiger charge is 2.31. The first-order valence-corrected chi connectivity index (χ1v) is 16.3. The lowest BCUT2D eigenvalue weighted by molar-refractivity contribution is -0.131. The van der Waals surface area contributed by atoms with Crippen molar-refractivity contribution < 1.29 is 13.2 Å². The number of amides is 1. The third-order valence-electron chi connectivity index (χ3n) is 8.08. The van der Waals surface area contributed by atoms with Crippen LogP contribution in [0.3, 0.4) is 0 Å². The first-order valence-electron chi connectivity index (χ1n) is 14.8. The Hall–Kier alpha value is -4.08. The summed E-state index contributed by atoms with van der Waals surface area (Å²) >= 11 is 0. The predicted molar refractivity (Wildman–Crippen MR) is 171 cm³/mol. The van der Waals surface area contributed by atoms with E-state index in [0.717, 1.165) is 34.6 Å². The molecule has 4 aromatic rings. The van der Waals surface area contributed by atoms with Crippen LogP contribution in [-0.4, -0.2) is 73.0 Å². The van der Waals surface area contributed by atoms with E-state index < -0.39 is 10.0 Å². The molecule has 0 radical (unpaired) electrons. The molecule has 0 saturated carbocycles. The Morgan fingerprint density at radius 3 is 2.05 bits per heavy atom. The van der Waals surface area contributed by atoms with Crippen LogP contribution >= 0.6 is 0 Å². The van der Waals surface area contributed by atoms with Crippen LogP contribution in [0.2, 0.25) is 0 Å². The van der Waals surface area contributed by atoms with Crippen LogP contribution in [0.1, 0.15) is 25.8 Å². The molecule has 8 nitrogen and oxygen atoms in total. The van der Waals surface area contributed by atoms with Crippen molar-refractivity contribution in [2.45, 2.75) is 32.1 Å². The van der Waals surface area contributed by atoms with Crippen LogP contribution < -0.4 is 4.90 Å². The molecule has 1 aliphatic heterocycles. The summed E-state index contributed by atoms with van der Waals surface area (Å²) in [6.07, 6.45) is 0.825. The molecule has 1 aromatic heterocycles. The third-order valence-corrected chi connectivity index (χ3v) is 9.90. The van der Waals surface area contributed by atoms with Gasteiger partial charge in [0.2, 0.25) is 15.9 Å². The maximum absolute atomic E-state index is 13.5. The summed E-state index contributed by atoms with van der Waals surface area (Å²) in [5, 5.41) is 8.95. The van der Waals surface area contributed by atoms with Crippen molar-refractivity contribution in [3.63, 3.8) is 0 Å². The number of rotatable bonds is 10. The van der Waals surface area contributed by atoms with Gasteiger partial charge in [0.25, 0.3) is 0 Å². The predicted octanol–water partition coefficient (Wildman–Crippen LogP) is 5.50. The lowest BCUT2D eigenvalue weighted by atomic mass is 10.0. The number of aromatic nitrogens is 2. The van der Waals surface area contributed by atoms with E-state index in [2.05, 4.69) is 51.5 Å². The Balaban J connectivity index is 1.20. The van der Waals surface area contributed by atoms with Crippen molar-refractivity contribution in [3.8, 4) is 22.4 Å². The lowest BCUT2D eigenvalue weighted by Gasteiger charge is -2.36.